The first-order chi connectivity index (χ1) is 21.9. The molecule has 0 aliphatic carbocycles. The third kappa shape index (κ3) is 8.13. The number of ketones is 2. The second-order valence-electron chi connectivity index (χ2n) is 14.3. The standard InChI is InChI=1S/C33H54IN3O10/c1-12-22-33(8)25(24(31(41)46-33)29(35)36-47-34)18(4)26(38)16(2)15-32(7,42-11)28(19(5)27(39)20(6)30(40)44-22)45-23-14-21(37(9)10)13-17(3)43-23/h16-25,28H,12-15H2,1-11H3,(H2,35,36)/t16-,17?,18-,19?,20?,21?,22+,23?,24?,25?,28-,32-,33?/m1/s1. The lowest BCUT2D eigenvalue weighted by molar-refractivity contribution is -0.262. The van der Waals surface area contributed by atoms with E-state index in [-0.39, 0.29) is 36.6 Å². The quantitative estimate of drug-likeness (QED) is 0.0994. The molecule has 3 aliphatic heterocycles. The van der Waals surface area contributed by atoms with Crippen molar-refractivity contribution in [1.82, 2.24) is 4.90 Å². The van der Waals surface area contributed by atoms with Crippen LogP contribution in [0.5, 0.6) is 0 Å². The summed E-state index contributed by atoms with van der Waals surface area (Å²) < 4.78 is 35.8. The topological polar surface area (TPSA) is 165 Å². The number of hydrogen-bond acceptors (Lipinski definition) is 12. The summed E-state index contributed by atoms with van der Waals surface area (Å²) in [4.78, 5) is 57.7. The maximum atomic E-state index is 14.4. The molecule has 3 aliphatic rings. The molecule has 2 N–H and O–H groups in total. The molecule has 0 spiro atoms. The first-order valence-corrected chi connectivity index (χ1v) is 17.4. The fraction of sp³-hybridized carbons (Fsp3) is 0.848. The van der Waals surface area contributed by atoms with Crippen LogP contribution in [0.15, 0.2) is 5.16 Å². The molecule has 268 valence electrons. The van der Waals surface area contributed by atoms with E-state index in [1.54, 1.807) is 34.6 Å². The van der Waals surface area contributed by atoms with Crippen molar-refractivity contribution in [2.75, 3.05) is 21.2 Å². The summed E-state index contributed by atoms with van der Waals surface area (Å²) in [6, 6.07) is 0.190. The molecule has 13 atom stereocenters. The van der Waals surface area contributed by atoms with Crippen molar-refractivity contribution in [2.24, 2.45) is 46.4 Å². The highest BCUT2D eigenvalue weighted by atomic mass is 127. The van der Waals surface area contributed by atoms with E-state index in [1.807, 2.05) is 27.9 Å². The highest BCUT2D eigenvalue weighted by Crippen LogP contribution is 2.48. The van der Waals surface area contributed by atoms with Crippen LogP contribution in [-0.4, -0.2) is 97.3 Å². The Hall–Kier alpha value is -1.88. The molecule has 3 saturated heterocycles. The second kappa shape index (κ2) is 15.8. The molecule has 47 heavy (non-hydrogen) atoms. The van der Waals surface area contributed by atoms with E-state index < -0.39 is 82.9 Å². The maximum absolute atomic E-state index is 14.4. The molecule has 0 aromatic heterocycles. The van der Waals surface area contributed by atoms with Gasteiger partial charge in [0, 0.05) is 43.2 Å². The van der Waals surface area contributed by atoms with E-state index in [0.29, 0.717) is 6.42 Å². The van der Waals surface area contributed by atoms with Gasteiger partial charge >= 0.3 is 11.9 Å². The minimum absolute atomic E-state index is 0.0899. The Labute approximate surface area is 292 Å². The Morgan fingerprint density at radius 1 is 1.02 bits per heavy atom. The monoisotopic (exact) mass is 779 g/mol. The number of carbonyl (C=O) groups excluding carboxylic acids is 4. The highest BCUT2D eigenvalue weighted by molar-refractivity contribution is 14.1. The van der Waals surface area contributed by atoms with Gasteiger partial charge in [0.05, 0.1) is 17.8 Å². The molecule has 0 radical (unpaired) electrons. The van der Waals surface area contributed by atoms with Crippen LogP contribution in [0.1, 0.15) is 81.1 Å². The van der Waals surface area contributed by atoms with Crippen LogP contribution in [-0.2, 0) is 46.0 Å². The lowest BCUT2D eigenvalue weighted by atomic mass is 9.67. The van der Waals surface area contributed by atoms with Crippen LogP contribution in [0.2, 0.25) is 0 Å². The number of hydrogen-bond donors (Lipinski definition) is 1. The normalized spacial score (nSPS) is 42.8. The average Bonchev–Trinajstić information content (AvgIpc) is 3.29. The Kier molecular flexibility index (Phi) is 13.3. The molecule has 13 nitrogen and oxygen atoms in total. The van der Waals surface area contributed by atoms with Gasteiger partial charge < -0.3 is 37.5 Å². The molecule has 0 aromatic carbocycles. The molecular weight excluding hydrogens is 725 g/mol. The number of carbonyl (C=O) groups is 4. The van der Waals surface area contributed by atoms with Crippen molar-refractivity contribution >= 4 is 52.3 Å². The Bertz CT molecular complexity index is 1200. The number of ether oxygens (including phenoxy) is 5. The third-order valence-corrected chi connectivity index (χ3v) is 10.9. The van der Waals surface area contributed by atoms with Gasteiger partial charge in [0.25, 0.3) is 0 Å². The zero-order chi connectivity index (χ0) is 35.6. The van der Waals surface area contributed by atoms with Crippen LogP contribution in [0.4, 0.5) is 0 Å². The summed E-state index contributed by atoms with van der Waals surface area (Å²) in [5, 5.41) is 3.80. The van der Waals surface area contributed by atoms with Gasteiger partial charge in [0.1, 0.15) is 23.7 Å². The number of nitrogens with zero attached hydrogens (tertiary/aromatic N) is 2. The number of methoxy groups -OCH3 is 1. The average molecular weight is 780 g/mol. The van der Waals surface area contributed by atoms with Gasteiger partial charge in [-0.1, -0.05) is 32.9 Å². The third-order valence-electron chi connectivity index (χ3n) is 10.7. The number of fused-ring (bicyclic) bond motifs is 1. The predicted octanol–water partition coefficient (Wildman–Crippen LogP) is 3.83. The van der Waals surface area contributed by atoms with Crippen LogP contribution in [0.3, 0.4) is 0 Å². The van der Waals surface area contributed by atoms with Crippen molar-refractivity contribution in [2.45, 2.75) is 123 Å². The minimum Gasteiger partial charge on any atom is -0.458 e. The van der Waals surface area contributed by atoms with Crippen molar-refractivity contribution in [3.8, 4) is 0 Å². The Morgan fingerprint density at radius 2 is 1.66 bits per heavy atom. The molecule has 0 amide bonds. The van der Waals surface area contributed by atoms with Crippen molar-refractivity contribution in [1.29, 1.82) is 0 Å². The summed E-state index contributed by atoms with van der Waals surface area (Å²) >= 11 is 1.53. The van der Waals surface area contributed by atoms with Gasteiger partial charge in [-0.15, -0.1) is 0 Å². The largest absolute Gasteiger partial charge is 0.458 e. The zero-order valence-corrected chi connectivity index (χ0v) is 31.8. The summed E-state index contributed by atoms with van der Waals surface area (Å²) in [5.41, 5.74) is 3.61. The van der Waals surface area contributed by atoms with Crippen molar-refractivity contribution in [3.05, 3.63) is 0 Å². The number of oxime groups is 1. The molecular formula is C33H54IN3O10. The van der Waals surface area contributed by atoms with Gasteiger partial charge in [0.2, 0.25) is 23.0 Å². The number of amidine groups is 1. The molecule has 3 fully saturated rings. The van der Waals surface area contributed by atoms with Crippen molar-refractivity contribution in [3.63, 3.8) is 0 Å². The van der Waals surface area contributed by atoms with Crippen LogP contribution in [0, 0.1) is 35.5 Å². The highest BCUT2D eigenvalue weighted by Gasteiger charge is 2.62. The van der Waals surface area contributed by atoms with Gasteiger partial charge in [-0.05, 0) is 61.1 Å². The van der Waals surface area contributed by atoms with Gasteiger partial charge in [-0.25, -0.2) is 0 Å². The van der Waals surface area contributed by atoms with Crippen molar-refractivity contribution < 1.29 is 46.0 Å². The fourth-order valence-electron chi connectivity index (χ4n) is 7.99. The molecule has 0 saturated carbocycles. The maximum Gasteiger partial charge on any atom is 0.317 e. The first-order valence-electron chi connectivity index (χ1n) is 16.5. The Balaban J connectivity index is 2.15. The predicted molar refractivity (Wildman–Crippen MR) is 181 cm³/mol. The van der Waals surface area contributed by atoms with E-state index in [9.17, 15) is 19.2 Å². The fourth-order valence-corrected chi connectivity index (χ4v) is 8.21. The lowest BCUT2D eigenvalue weighted by Gasteiger charge is -2.45. The number of halogens is 1. The molecule has 14 heteroatoms. The number of esters is 2. The Morgan fingerprint density at radius 3 is 2.21 bits per heavy atom. The van der Waals surface area contributed by atoms with Gasteiger partial charge in [0.15, 0.2) is 23.5 Å². The number of Topliss-reactive ketones (excluding diaryl/α,β-unsaturated/α-hetero) is 2. The van der Waals surface area contributed by atoms with Crippen LogP contribution in [0.25, 0.3) is 0 Å². The van der Waals surface area contributed by atoms with E-state index in [4.69, 9.17) is 32.6 Å². The van der Waals surface area contributed by atoms with Gasteiger partial charge in [-0.2, -0.15) is 0 Å². The minimum atomic E-state index is -1.46. The van der Waals surface area contributed by atoms with E-state index in [2.05, 4.69) is 10.1 Å². The molecule has 3 heterocycles. The summed E-state index contributed by atoms with van der Waals surface area (Å²) in [6.45, 7) is 13.9. The summed E-state index contributed by atoms with van der Waals surface area (Å²) in [6.07, 6.45) is -0.813. The first kappa shape index (κ1) is 39.6. The number of rotatable bonds is 7. The van der Waals surface area contributed by atoms with E-state index >= 15 is 0 Å². The molecule has 3 rings (SSSR count). The second-order valence-corrected chi connectivity index (χ2v) is 14.7. The molecule has 0 bridgehead atoms. The lowest BCUT2D eigenvalue weighted by Crippen LogP contribution is -2.56. The van der Waals surface area contributed by atoms with Crippen LogP contribution >= 0.6 is 23.0 Å². The summed E-state index contributed by atoms with van der Waals surface area (Å²) in [5.74, 6) is -7.68. The van der Waals surface area contributed by atoms with E-state index in [0.717, 1.165) is 6.42 Å². The van der Waals surface area contributed by atoms with Crippen LogP contribution < -0.4 is 5.73 Å². The smallest absolute Gasteiger partial charge is 0.317 e. The number of cyclic esters (lactones) is 1. The summed E-state index contributed by atoms with van der Waals surface area (Å²) in [7, 11) is 5.53. The van der Waals surface area contributed by atoms with E-state index in [1.165, 1.54) is 37.0 Å². The van der Waals surface area contributed by atoms with Gasteiger partial charge in [-0.3, -0.25) is 19.2 Å². The zero-order valence-electron chi connectivity index (χ0n) is 29.6. The molecule has 0 aromatic rings. The SMILES string of the molecule is CC[C@@H]1OC(=O)C(C)C(=O)C(C)[C@@H](OC2CC(N(C)C)CC(C)O2)[C@](C)(OC)C[C@@H](C)C(=O)[C@H](C)C2C(/C(N)=N/OI)C(=O)OC21C. The number of nitrogens with two attached hydrogens (primary N) is 1. The molecule has 8 unspecified atom stereocenters.